The van der Waals surface area contributed by atoms with Crippen molar-refractivity contribution in [2.24, 2.45) is 0 Å². The first-order valence-electron chi connectivity index (χ1n) is 9.11. The number of methoxy groups -OCH3 is 1. The molecule has 0 aromatic heterocycles. The van der Waals surface area contributed by atoms with Crippen LogP contribution in [0, 0.1) is 0 Å². The molecule has 27 heavy (non-hydrogen) atoms. The molecule has 0 amide bonds. The molecular weight excluding hydrogens is 342 g/mol. The summed E-state index contributed by atoms with van der Waals surface area (Å²) in [6.07, 6.45) is 1.77. The number of rotatable bonds is 6. The van der Waals surface area contributed by atoms with Crippen molar-refractivity contribution >= 4 is 17.2 Å². The van der Waals surface area contributed by atoms with E-state index in [4.69, 9.17) is 14.2 Å². The van der Waals surface area contributed by atoms with Crippen molar-refractivity contribution in [3.63, 3.8) is 0 Å². The first-order chi connectivity index (χ1) is 13.2. The van der Waals surface area contributed by atoms with E-state index in [1.54, 1.807) is 6.08 Å². The van der Waals surface area contributed by atoms with Crippen molar-refractivity contribution in [2.75, 3.05) is 38.3 Å². The number of anilines is 1. The number of hydrogen-bond acceptors (Lipinski definition) is 5. The van der Waals surface area contributed by atoms with Crippen LogP contribution in [0.3, 0.4) is 0 Å². The smallest absolute Gasteiger partial charge is 0.338 e. The van der Waals surface area contributed by atoms with Gasteiger partial charge in [0.25, 0.3) is 0 Å². The van der Waals surface area contributed by atoms with E-state index in [9.17, 15) is 4.79 Å². The van der Waals surface area contributed by atoms with E-state index in [0.717, 1.165) is 48.9 Å². The van der Waals surface area contributed by atoms with E-state index >= 15 is 0 Å². The highest BCUT2D eigenvalue weighted by molar-refractivity contribution is 6.16. The predicted octanol–water partition coefficient (Wildman–Crippen LogP) is 3.68. The zero-order chi connectivity index (χ0) is 19.1. The van der Waals surface area contributed by atoms with Crippen molar-refractivity contribution < 1.29 is 19.0 Å². The fourth-order valence-electron chi connectivity index (χ4n) is 3.15. The molecule has 1 aliphatic rings. The zero-order valence-electron chi connectivity index (χ0n) is 15.8. The van der Waals surface area contributed by atoms with Gasteiger partial charge in [-0.2, -0.15) is 0 Å². The van der Waals surface area contributed by atoms with Gasteiger partial charge in [-0.3, -0.25) is 0 Å². The minimum atomic E-state index is -0.348. The Bertz CT molecular complexity index is 809. The van der Waals surface area contributed by atoms with Gasteiger partial charge in [-0.1, -0.05) is 36.4 Å². The van der Waals surface area contributed by atoms with Crippen LogP contribution in [0.4, 0.5) is 5.69 Å². The summed E-state index contributed by atoms with van der Waals surface area (Å²) in [4.78, 5) is 14.3. The first kappa shape index (κ1) is 19.0. The molecule has 1 heterocycles. The topological polar surface area (TPSA) is 48.0 Å². The lowest BCUT2D eigenvalue weighted by molar-refractivity contribution is -0.133. The molecule has 3 rings (SSSR count). The molecule has 0 bridgehead atoms. The molecule has 0 unspecified atom stereocenters. The van der Waals surface area contributed by atoms with Gasteiger partial charge >= 0.3 is 5.97 Å². The van der Waals surface area contributed by atoms with E-state index in [-0.39, 0.29) is 5.97 Å². The average Bonchev–Trinajstić information content (AvgIpc) is 2.74. The van der Waals surface area contributed by atoms with Crippen molar-refractivity contribution in [3.05, 3.63) is 65.7 Å². The van der Waals surface area contributed by atoms with Crippen molar-refractivity contribution in [2.45, 2.75) is 13.5 Å². The maximum atomic E-state index is 12.0. The lowest BCUT2D eigenvalue weighted by atomic mass is 10.00. The molecule has 5 nitrogen and oxygen atoms in total. The van der Waals surface area contributed by atoms with E-state index in [1.807, 2.05) is 49.4 Å². The van der Waals surface area contributed by atoms with Crippen LogP contribution in [0.25, 0.3) is 5.57 Å². The molecule has 0 atom stereocenters. The number of ether oxygens (including phenoxy) is 3. The summed E-state index contributed by atoms with van der Waals surface area (Å²) in [6, 6.07) is 15.8. The molecule has 0 aliphatic carbocycles. The molecule has 1 aliphatic heterocycles. The summed E-state index contributed by atoms with van der Waals surface area (Å²) in [5, 5.41) is 0. The van der Waals surface area contributed by atoms with Crippen LogP contribution < -0.4 is 9.64 Å². The molecule has 0 spiro atoms. The van der Waals surface area contributed by atoms with Gasteiger partial charge in [0, 0.05) is 24.8 Å². The van der Waals surface area contributed by atoms with Gasteiger partial charge in [0.15, 0.2) is 0 Å². The van der Waals surface area contributed by atoms with Crippen LogP contribution in [0.15, 0.2) is 54.6 Å². The van der Waals surface area contributed by atoms with Gasteiger partial charge in [-0.15, -0.1) is 0 Å². The second kappa shape index (κ2) is 9.24. The standard InChI is InChI=1S/C22H25NO4/c1-3-20(22(24)25-2)21-10-5-4-7-17(21)16-27-19-9-6-8-18(15-19)23-11-13-26-14-12-23/h3-10,15H,11-14,16H2,1-2H3. The Labute approximate surface area is 160 Å². The third kappa shape index (κ3) is 4.68. The summed E-state index contributed by atoms with van der Waals surface area (Å²) in [5.74, 6) is 0.452. The number of hydrogen-bond donors (Lipinski definition) is 0. The van der Waals surface area contributed by atoms with Crippen LogP contribution in [-0.4, -0.2) is 39.4 Å². The molecule has 142 valence electrons. The lowest BCUT2D eigenvalue weighted by Gasteiger charge is -2.29. The third-order valence-corrected chi connectivity index (χ3v) is 4.59. The molecule has 0 saturated carbocycles. The van der Waals surface area contributed by atoms with Gasteiger partial charge in [-0.25, -0.2) is 4.79 Å². The minimum absolute atomic E-state index is 0.348. The van der Waals surface area contributed by atoms with Crippen LogP contribution in [0.5, 0.6) is 5.75 Å². The van der Waals surface area contributed by atoms with Crippen molar-refractivity contribution in [1.82, 2.24) is 0 Å². The Balaban J connectivity index is 1.75. The SMILES string of the molecule is CC=C(C(=O)OC)c1ccccc1COc1cccc(N2CCOCC2)c1. The molecule has 2 aromatic carbocycles. The number of carbonyl (C=O) groups is 1. The monoisotopic (exact) mass is 367 g/mol. The normalized spacial score (nSPS) is 14.7. The minimum Gasteiger partial charge on any atom is -0.489 e. The quantitative estimate of drug-likeness (QED) is 0.576. The largest absolute Gasteiger partial charge is 0.489 e. The van der Waals surface area contributed by atoms with E-state index < -0.39 is 0 Å². The number of benzene rings is 2. The van der Waals surface area contributed by atoms with Gasteiger partial charge in [0.2, 0.25) is 0 Å². The number of esters is 1. The molecule has 0 radical (unpaired) electrons. The Hall–Kier alpha value is -2.79. The zero-order valence-corrected chi connectivity index (χ0v) is 15.8. The number of nitrogens with zero attached hydrogens (tertiary/aromatic N) is 1. The molecule has 2 aromatic rings. The maximum absolute atomic E-state index is 12.0. The Morgan fingerprint density at radius 2 is 1.93 bits per heavy atom. The van der Waals surface area contributed by atoms with Crippen molar-refractivity contribution in [3.8, 4) is 5.75 Å². The van der Waals surface area contributed by atoms with Crippen LogP contribution >= 0.6 is 0 Å². The summed E-state index contributed by atoms with van der Waals surface area (Å²) in [5.41, 5.74) is 3.44. The summed E-state index contributed by atoms with van der Waals surface area (Å²) >= 11 is 0. The molecule has 1 saturated heterocycles. The Morgan fingerprint density at radius 1 is 1.15 bits per heavy atom. The Morgan fingerprint density at radius 3 is 2.67 bits per heavy atom. The number of morpholine rings is 1. The van der Waals surface area contributed by atoms with Crippen LogP contribution in [-0.2, 0) is 20.9 Å². The predicted molar refractivity (Wildman–Crippen MR) is 106 cm³/mol. The lowest BCUT2D eigenvalue weighted by Crippen LogP contribution is -2.36. The first-order valence-corrected chi connectivity index (χ1v) is 9.11. The second-order valence-corrected chi connectivity index (χ2v) is 6.24. The van der Waals surface area contributed by atoms with Crippen molar-refractivity contribution in [1.29, 1.82) is 0 Å². The van der Waals surface area contributed by atoms with Crippen LogP contribution in [0.1, 0.15) is 18.1 Å². The average molecular weight is 367 g/mol. The van der Waals surface area contributed by atoms with E-state index in [1.165, 1.54) is 7.11 Å². The Kier molecular flexibility index (Phi) is 6.49. The van der Waals surface area contributed by atoms with Crippen LogP contribution in [0.2, 0.25) is 0 Å². The number of carbonyl (C=O) groups excluding carboxylic acids is 1. The van der Waals surface area contributed by atoms with E-state index in [0.29, 0.717) is 12.2 Å². The summed E-state index contributed by atoms with van der Waals surface area (Å²) < 4.78 is 16.3. The highest BCUT2D eigenvalue weighted by Crippen LogP contribution is 2.25. The molecular formula is C22H25NO4. The summed E-state index contributed by atoms with van der Waals surface area (Å²) in [7, 11) is 1.39. The molecule has 5 heteroatoms. The molecule has 0 N–H and O–H groups in total. The van der Waals surface area contributed by atoms with Gasteiger partial charge in [0.05, 0.1) is 25.9 Å². The molecule has 1 fully saturated rings. The highest BCUT2D eigenvalue weighted by atomic mass is 16.5. The summed E-state index contributed by atoms with van der Waals surface area (Å²) in [6.45, 7) is 5.47. The fraction of sp³-hybridized carbons (Fsp3) is 0.318. The second-order valence-electron chi connectivity index (χ2n) is 6.24. The highest BCUT2D eigenvalue weighted by Gasteiger charge is 2.15. The van der Waals surface area contributed by atoms with Gasteiger partial charge in [0.1, 0.15) is 12.4 Å². The maximum Gasteiger partial charge on any atom is 0.338 e. The third-order valence-electron chi connectivity index (χ3n) is 4.59. The van der Waals surface area contributed by atoms with Gasteiger partial charge < -0.3 is 19.1 Å². The number of allylic oxidation sites excluding steroid dienone is 1. The van der Waals surface area contributed by atoms with Gasteiger partial charge in [-0.05, 0) is 30.2 Å². The fourth-order valence-corrected chi connectivity index (χ4v) is 3.15. The van der Waals surface area contributed by atoms with E-state index in [2.05, 4.69) is 11.0 Å².